The van der Waals surface area contributed by atoms with E-state index in [1.165, 1.54) is 6.33 Å². The van der Waals surface area contributed by atoms with Crippen molar-refractivity contribution in [1.29, 1.82) is 0 Å². The summed E-state index contributed by atoms with van der Waals surface area (Å²) in [6.07, 6.45) is 4.65. The molecule has 0 bridgehead atoms. The molecule has 1 aliphatic rings. The van der Waals surface area contributed by atoms with Crippen LogP contribution in [0.25, 0.3) is 0 Å². The van der Waals surface area contributed by atoms with E-state index < -0.39 is 6.10 Å². The van der Waals surface area contributed by atoms with Crippen LogP contribution in [-0.2, 0) is 11.2 Å². The standard InChI is InChI=1S/C14H20N2O2/c1-9-5-10(2)14(18)12(6-9)13(17)7-11-3-4-15-8-16-11/h3-4,8-10,12-13,17H,5-7H2,1-2H3. The molecular formula is C14H20N2O2. The molecule has 4 unspecified atom stereocenters. The molecule has 4 atom stereocenters. The predicted molar refractivity (Wildman–Crippen MR) is 67.8 cm³/mol. The maximum atomic E-state index is 12.1. The van der Waals surface area contributed by atoms with Gasteiger partial charge in [0, 0.05) is 30.1 Å². The Morgan fingerprint density at radius 3 is 2.89 bits per heavy atom. The summed E-state index contributed by atoms with van der Waals surface area (Å²) in [5.41, 5.74) is 0.788. The summed E-state index contributed by atoms with van der Waals surface area (Å²) in [6.45, 7) is 4.11. The van der Waals surface area contributed by atoms with Crippen LogP contribution in [0.1, 0.15) is 32.4 Å². The summed E-state index contributed by atoms with van der Waals surface area (Å²) >= 11 is 0. The number of Topliss-reactive ketones (excluding diaryl/α,β-unsaturated/α-hetero) is 1. The molecule has 0 radical (unpaired) electrons. The number of rotatable bonds is 3. The summed E-state index contributed by atoms with van der Waals surface area (Å²) < 4.78 is 0. The Bertz CT molecular complexity index is 408. The van der Waals surface area contributed by atoms with Crippen LogP contribution in [0.15, 0.2) is 18.6 Å². The minimum absolute atomic E-state index is 0.0683. The normalized spacial score (nSPS) is 30.2. The zero-order chi connectivity index (χ0) is 13.1. The molecule has 1 aliphatic carbocycles. The number of carbonyl (C=O) groups excluding carboxylic acids is 1. The highest BCUT2D eigenvalue weighted by molar-refractivity contribution is 5.84. The van der Waals surface area contributed by atoms with Crippen molar-refractivity contribution in [3.05, 3.63) is 24.3 Å². The lowest BCUT2D eigenvalue weighted by Gasteiger charge is -2.32. The molecule has 0 saturated heterocycles. The Hall–Kier alpha value is -1.29. The molecule has 1 heterocycles. The van der Waals surface area contributed by atoms with E-state index in [2.05, 4.69) is 16.9 Å². The Morgan fingerprint density at radius 2 is 2.22 bits per heavy atom. The van der Waals surface area contributed by atoms with Gasteiger partial charge in [-0.25, -0.2) is 9.97 Å². The van der Waals surface area contributed by atoms with Gasteiger partial charge in [0.1, 0.15) is 12.1 Å². The van der Waals surface area contributed by atoms with Crippen molar-refractivity contribution in [3.63, 3.8) is 0 Å². The average molecular weight is 248 g/mol. The summed E-state index contributed by atoms with van der Waals surface area (Å²) in [5, 5.41) is 10.3. The summed E-state index contributed by atoms with van der Waals surface area (Å²) in [7, 11) is 0. The summed E-state index contributed by atoms with van der Waals surface area (Å²) in [5.74, 6) is 0.537. The fourth-order valence-electron chi connectivity index (χ4n) is 2.87. The topological polar surface area (TPSA) is 63.1 Å². The van der Waals surface area contributed by atoms with Gasteiger partial charge in [0.05, 0.1) is 6.10 Å². The number of aromatic nitrogens is 2. The van der Waals surface area contributed by atoms with Gasteiger partial charge in [0.25, 0.3) is 0 Å². The van der Waals surface area contributed by atoms with Gasteiger partial charge in [0.15, 0.2) is 0 Å². The zero-order valence-corrected chi connectivity index (χ0v) is 10.9. The van der Waals surface area contributed by atoms with Crippen LogP contribution in [0, 0.1) is 17.8 Å². The van der Waals surface area contributed by atoms with E-state index in [0.717, 1.165) is 18.5 Å². The van der Waals surface area contributed by atoms with Gasteiger partial charge in [0.2, 0.25) is 0 Å². The van der Waals surface area contributed by atoms with E-state index in [0.29, 0.717) is 12.3 Å². The minimum Gasteiger partial charge on any atom is -0.392 e. The van der Waals surface area contributed by atoms with Crippen LogP contribution in [0.4, 0.5) is 0 Å². The number of aliphatic hydroxyl groups is 1. The quantitative estimate of drug-likeness (QED) is 0.883. The lowest BCUT2D eigenvalue weighted by atomic mass is 9.73. The first-order valence-corrected chi connectivity index (χ1v) is 6.54. The predicted octanol–water partition coefficient (Wildman–Crippen LogP) is 1.63. The van der Waals surface area contributed by atoms with Crippen molar-refractivity contribution in [1.82, 2.24) is 9.97 Å². The zero-order valence-electron chi connectivity index (χ0n) is 10.9. The van der Waals surface area contributed by atoms with Crippen LogP contribution >= 0.6 is 0 Å². The Labute approximate surface area is 107 Å². The van der Waals surface area contributed by atoms with Crippen molar-refractivity contribution in [3.8, 4) is 0 Å². The molecule has 4 heteroatoms. The Balaban J connectivity index is 2.03. The third kappa shape index (κ3) is 2.93. The number of hydrogen-bond acceptors (Lipinski definition) is 4. The third-order valence-corrected chi connectivity index (χ3v) is 3.79. The smallest absolute Gasteiger partial charge is 0.141 e. The number of carbonyl (C=O) groups is 1. The second kappa shape index (κ2) is 5.57. The van der Waals surface area contributed by atoms with Gasteiger partial charge in [-0.15, -0.1) is 0 Å². The number of nitrogens with zero attached hydrogens (tertiary/aromatic N) is 2. The van der Waals surface area contributed by atoms with Crippen molar-refractivity contribution >= 4 is 5.78 Å². The first-order chi connectivity index (χ1) is 8.58. The monoisotopic (exact) mass is 248 g/mol. The number of hydrogen-bond donors (Lipinski definition) is 1. The van der Waals surface area contributed by atoms with E-state index in [-0.39, 0.29) is 17.6 Å². The van der Waals surface area contributed by atoms with Gasteiger partial charge < -0.3 is 5.11 Å². The molecule has 18 heavy (non-hydrogen) atoms. The molecule has 1 saturated carbocycles. The highest BCUT2D eigenvalue weighted by Crippen LogP contribution is 2.32. The van der Waals surface area contributed by atoms with E-state index in [1.807, 2.05) is 6.92 Å². The molecule has 0 aliphatic heterocycles. The number of ketones is 1. The maximum Gasteiger partial charge on any atom is 0.141 e. The van der Waals surface area contributed by atoms with Crippen molar-refractivity contribution < 1.29 is 9.90 Å². The Morgan fingerprint density at radius 1 is 1.44 bits per heavy atom. The van der Waals surface area contributed by atoms with E-state index in [9.17, 15) is 9.90 Å². The molecule has 0 spiro atoms. The van der Waals surface area contributed by atoms with Crippen molar-refractivity contribution in [2.75, 3.05) is 0 Å². The molecule has 98 valence electrons. The minimum atomic E-state index is -0.627. The van der Waals surface area contributed by atoms with Gasteiger partial charge in [-0.3, -0.25) is 4.79 Å². The van der Waals surface area contributed by atoms with E-state index >= 15 is 0 Å². The number of aliphatic hydroxyl groups excluding tert-OH is 1. The largest absolute Gasteiger partial charge is 0.392 e. The highest BCUT2D eigenvalue weighted by Gasteiger charge is 2.36. The molecule has 2 rings (SSSR count). The SMILES string of the molecule is CC1CC(C)C(=O)C(C(O)Cc2ccncn2)C1. The molecule has 4 nitrogen and oxygen atoms in total. The van der Waals surface area contributed by atoms with Crippen LogP contribution in [0.3, 0.4) is 0 Å². The van der Waals surface area contributed by atoms with Crippen molar-refractivity contribution in [2.45, 2.75) is 39.2 Å². The van der Waals surface area contributed by atoms with Crippen LogP contribution in [0.2, 0.25) is 0 Å². The van der Waals surface area contributed by atoms with Crippen molar-refractivity contribution in [2.24, 2.45) is 17.8 Å². The lowest BCUT2D eigenvalue weighted by molar-refractivity contribution is -0.134. The summed E-state index contributed by atoms with van der Waals surface area (Å²) in [4.78, 5) is 20.0. The third-order valence-electron chi connectivity index (χ3n) is 3.79. The molecule has 0 amide bonds. The fourth-order valence-corrected chi connectivity index (χ4v) is 2.87. The molecule has 1 fully saturated rings. The van der Waals surface area contributed by atoms with E-state index in [4.69, 9.17) is 0 Å². The molecule has 1 aromatic heterocycles. The van der Waals surface area contributed by atoms with Crippen LogP contribution in [0.5, 0.6) is 0 Å². The van der Waals surface area contributed by atoms with Crippen LogP contribution < -0.4 is 0 Å². The van der Waals surface area contributed by atoms with Gasteiger partial charge >= 0.3 is 0 Å². The van der Waals surface area contributed by atoms with E-state index in [1.54, 1.807) is 12.3 Å². The Kier molecular flexibility index (Phi) is 4.07. The maximum absolute atomic E-state index is 12.1. The first-order valence-electron chi connectivity index (χ1n) is 6.54. The fraction of sp³-hybridized carbons (Fsp3) is 0.643. The molecule has 1 N–H and O–H groups in total. The molecule has 0 aromatic carbocycles. The lowest BCUT2D eigenvalue weighted by Crippen LogP contribution is -2.39. The van der Waals surface area contributed by atoms with Gasteiger partial charge in [-0.05, 0) is 24.8 Å². The molecular weight excluding hydrogens is 228 g/mol. The first kappa shape index (κ1) is 13.1. The highest BCUT2D eigenvalue weighted by atomic mass is 16.3. The van der Waals surface area contributed by atoms with Crippen LogP contribution in [-0.4, -0.2) is 27.0 Å². The van der Waals surface area contributed by atoms with Gasteiger partial charge in [-0.1, -0.05) is 13.8 Å². The molecule has 1 aromatic rings. The summed E-state index contributed by atoms with van der Waals surface area (Å²) in [6, 6.07) is 1.78. The van der Waals surface area contributed by atoms with Gasteiger partial charge in [-0.2, -0.15) is 0 Å². The second-order valence-corrected chi connectivity index (χ2v) is 5.46. The average Bonchev–Trinajstić information content (AvgIpc) is 2.35. The second-order valence-electron chi connectivity index (χ2n) is 5.46.